The second-order valence-electron chi connectivity index (χ2n) is 2.25. The van der Waals surface area contributed by atoms with Crippen LogP contribution in [0.5, 0.6) is 0 Å². The first-order valence-corrected chi connectivity index (χ1v) is 2.62. The summed E-state index contributed by atoms with van der Waals surface area (Å²) in [4.78, 5) is 20.3. The van der Waals surface area contributed by atoms with Crippen molar-refractivity contribution in [1.29, 1.82) is 0 Å². The monoisotopic (exact) mass is 146 g/mol. The van der Waals surface area contributed by atoms with E-state index in [-0.39, 0.29) is 0 Å². The Balaban J connectivity index is 2.65. The Morgan fingerprint density at radius 3 is 2.10 bits per heavy atom. The molecule has 0 saturated carbocycles. The van der Waals surface area contributed by atoms with Crippen molar-refractivity contribution in [2.24, 2.45) is 0 Å². The van der Waals surface area contributed by atoms with E-state index in [4.69, 9.17) is 10.2 Å². The lowest BCUT2D eigenvalue weighted by molar-refractivity contribution is -0.143. The van der Waals surface area contributed by atoms with E-state index in [0.29, 0.717) is 0 Å². The number of carboxylic acids is 2. The summed E-state index contributed by atoms with van der Waals surface area (Å²) in [5.74, 6) is -2.47. The highest BCUT2D eigenvalue weighted by atomic mass is 16.6. The van der Waals surface area contributed by atoms with Gasteiger partial charge < -0.3 is 14.9 Å². The Morgan fingerprint density at radius 1 is 1.50 bits per heavy atom. The Kier molecular flexibility index (Phi) is 1.19. The number of ether oxygens (including phenoxy) is 1. The summed E-state index contributed by atoms with van der Waals surface area (Å²) in [7, 11) is 0. The Labute approximate surface area is 56.2 Å². The Bertz CT molecular complexity index is 198. The smallest absolute Gasteiger partial charge is 0.339 e. The zero-order valence-electron chi connectivity index (χ0n) is 5.20. The average Bonchev–Trinajstić information content (AvgIpc) is 2.43. The maximum Gasteiger partial charge on any atom is 0.339 e. The molecule has 5 nitrogen and oxygen atoms in total. The average molecular weight is 146 g/mol. The van der Waals surface area contributed by atoms with Crippen molar-refractivity contribution in [2.75, 3.05) is 0 Å². The van der Waals surface area contributed by atoms with Crippen LogP contribution >= 0.6 is 0 Å². The molecular weight excluding hydrogens is 140 g/mol. The number of epoxide rings is 1. The highest BCUT2D eigenvalue weighted by Crippen LogP contribution is 2.36. The molecule has 1 rings (SSSR count). The van der Waals surface area contributed by atoms with E-state index in [0.717, 1.165) is 0 Å². The van der Waals surface area contributed by atoms with Crippen LogP contribution in [0.4, 0.5) is 0 Å². The summed E-state index contributed by atoms with van der Waals surface area (Å²) >= 11 is 0. The predicted molar refractivity (Wildman–Crippen MR) is 28.5 cm³/mol. The van der Waals surface area contributed by atoms with E-state index in [1.165, 1.54) is 6.92 Å². The van der Waals surface area contributed by atoms with Gasteiger partial charge in [0.25, 0.3) is 0 Å². The summed E-state index contributed by atoms with van der Waals surface area (Å²) in [6.07, 6.45) is -1.18. The van der Waals surface area contributed by atoms with Gasteiger partial charge in [-0.3, -0.25) is 0 Å². The lowest BCUT2D eigenvalue weighted by Gasteiger charge is -1.93. The quantitative estimate of drug-likeness (QED) is 0.503. The summed E-state index contributed by atoms with van der Waals surface area (Å²) in [5, 5.41) is 16.6. The van der Waals surface area contributed by atoms with Crippen LogP contribution in [0.1, 0.15) is 6.92 Å². The molecule has 2 atom stereocenters. The minimum Gasteiger partial charge on any atom is -0.479 e. The summed E-state index contributed by atoms with van der Waals surface area (Å²) in [5.41, 5.74) is -1.49. The molecule has 0 aromatic rings. The van der Waals surface area contributed by atoms with E-state index in [1.807, 2.05) is 0 Å². The molecule has 0 bridgehead atoms. The zero-order valence-corrected chi connectivity index (χ0v) is 5.20. The first-order chi connectivity index (χ1) is 4.48. The van der Waals surface area contributed by atoms with Crippen LogP contribution in [0.15, 0.2) is 0 Å². The maximum absolute atomic E-state index is 10.2. The summed E-state index contributed by atoms with van der Waals surface area (Å²) in [6, 6.07) is 0. The van der Waals surface area contributed by atoms with Crippen LogP contribution in [0.2, 0.25) is 0 Å². The van der Waals surface area contributed by atoms with Gasteiger partial charge in [0.15, 0.2) is 11.7 Å². The van der Waals surface area contributed by atoms with Crippen LogP contribution in [0, 0.1) is 0 Å². The number of aliphatic carboxylic acids is 2. The predicted octanol–water partition coefficient (Wildman–Crippen LogP) is -0.687. The van der Waals surface area contributed by atoms with Crippen molar-refractivity contribution >= 4 is 11.9 Å². The van der Waals surface area contributed by atoms with E-state index >= 15 is 0 Å². The van der Waals surface area contributed by atoms with E-state index in [1.54, 1.807) is 0 Å². The molecule has 0 amide bonds. The fourth-order valence-electron chi connectivity index (χ4n) is 0.659. The lowest BCUT2D eigenvalue weighted by atomic mass is 10.1. The van der Waals surface area contributed by atoms with Crippen LogP contribution in [0.25, 0.3) is 0 Å². The first-order valence-electron chi connectivity index (χ1n) is 2.62. The normalized spacial score (nSPS) is 37.1. The van der Waals surface area contributed by atoms with E-state index in [2.05, 4.69) is 4.74 Å². The van der Waals surface area contributed by atoms with Crippen molar-refractivity contribution in [3.8, 4) is 0 Å². The standard InChI is InChI=1S/C5H6O5/c1-5(4(8)9)2(10-5)3(6)7/h2H,1H3,(H,6,7)(H,8,9)/t2-,5-/m1/s1. The molecule has 1 aliphatic heterocycles. The molecule has 0 aromatic heterocycles. The van der Waals surface area contributed by atoms with Crippen LogP contribution in [-0.2, 0) is 14.3 Å². The molecule has 1 fully saturated rings. The van der Waals surface area contributed by atoms with Gasteiger partial charge in [-0.1, -0.05) is 0 Å². The van der Waals surface area contributed by atoms with Gasteiger partial charge in [-0.15, -0.1) is 0 Å². The van der Waals surface area contributed by atoms with Gasteiger partial charge in [0.1, 0.15) is 0 Å². The number of rotatable bonds is 2. The second kappa shape index (κ2) is 1.69. The van der Waals surface area contributed by atoms with Gasteiger partial charge in [0, 0.05) is 0 Å². The molecule has 0 spiro atoms. The molecule has 10 heavy (non-hydrogen) atoms. The number of carbonyl (C=O) groups is 2. The van der Waals surface area contributed by atoms with Gasteiger partial charge >= 0.3 is 11.9 Å². The van der Waals surface area contributed by atoms with E-state index in [9.17, 15) is 9.59 Å². The molecule has 0 unspecified atom stereocenters. The fourth-order valence-corrected chi connectivity index (χ4v) is 0.659. The Hall–Kier alpha value is -1.10. The molecular formula is C5H6O5. The SMILES string of the molecule is C[C@@]1(C(=O)O)O[C@@H]1C(=O)O. The minimum absolute atomic E-state index is 1.18. The highest BCUT2D eigenvalue weighted by Gasteiger charge is 2.63. The van der Waals surface area contributed by atoms with Crippen LogP contribution in [0.3, 0.4) is 0 Å². The third-order valence-corrected chi connectivity index (χ3v) is 1.45. The number of hydrogen-bond acceptors (Lipinski definition) is 3. The van der Waals surface area contributed by atoms with Crippen LogP contribution < -0.4 is 0 Å². The van der Waals surface area contributed by atoms with Crippen molar-refractivity contribution < 1.29 is 24.5 Å². The van der Waals surface area contributed by atoms with Gasteiger partial charge in [-0.2, -0.15) is 0 Å². The molecule has 1 heterocycles. The summed E-state index contributed by atoms with van der Waals surface area (Å²) < 4.78 is 4.43. The molecule has 0 radical (unpaired) electrons. The zero-order chi connectivity index (χ0) is 7.94. The third kappa shape index (κ3) is 0.750. The van der Waals surface area contributed by atoms with Gasteiger partial charge in [0.05, 0.1) is 0 Å². The first kappa shape index (κ1) is 7.01. The van der Waals surface area contributed by atoms with Crippen molar-refractivity contribution in [3.63, 3.8) is 0 Å². The Morgan fingerprint density at radius 2 is 2.00 bits per heavy atom. The molecule has 1 saturated heterocycles. The molecule has 0 aliphatic carbocycles. The van der Waals surface area contributed by atoms with Gasteiger partial charge in [0.2, 0.25) is 0 Å². The van der Waals surface area contributed by atoms with Crippen molar-refractivity contribution in [2.45, 2.75) is 18.6 Å². The number of carboxylic acid groups (broad SMARTS) is 2. The molecule has 56 valence electrons. The summed E-state index contributed by atoms with van der Waals surface area (Å²) in [6.45, 7) is 1.23. The van der Waals surface area contributed by atoms with Gasteiger partial charge in [-0.25, -0.2) is 9.59 Å². The van der Waals surface area contributed by atoms with Crippen molar-refractivity contribution in [1.82, 2.24) is 0 Å². The highest BCUT2D eigenvalue weighted by molar-refractivity contribution is 5.91. The third-order valence-electron chi connectivity index (χ3n) is 1.45. The molecule has 1 aliphatic rings. The topological polar surface area (TPSA) is 87.1 Å². The molecule has 5 heteroatoms. The van der Waals surface area contributed by atoms with Crippen LogP contribution in [-0.4, -0.2) is 33.9 Å². The lowest BCUT2D eigenvalue weighted by Crippen LogP contribution is -2.26. The van der Waals surface area contributed by atoms with E-state index < -0.39 is 23.6 Å². The second-order valence-corrected chi connectivity index (χ2v) is 2.25. The number of hydrogen-bond donors (Lipinski definition) is 2. The minimum atomic E-state index is -1.49. The molecule has 2 N–H and O–H groups in total. The fraction of sp³-hybridized carbons (Fsp3) is 0.600. The maximum atomic E-state index is 10.2. The molecule has 0 aromatic carbocycles. The largest absolute Gasteiger partial charge is 0.479 e. The van der Waals surface area contributed by atoms with Gasteiger partial charge in [-0.05, 0) is 6.92 Å². The van der Waals surface area contributed by atoms with Crippen molar-refractivity contribution in [3.05, 3.63) is 0 Å².